The Hall–Kier alpha value is -1.92. The zero-order chi connectivity index (χ0) is 14.6. The van der Waals surface area contributed by atoms with E-state index in [2.05, 4.69) is 5.32 Å². The number of carboxylic acids is 1. The Morgan fingerprint density at radius 2 is 2.10 bits per heavy atom. The number of carbonyl (C=O) groups excluding carboxylic acids is 1. The van der Waals surface area contributed by atoms with Gasteiger partial charge in [0.25, 0.3) is 0 Å². The van der Waals surface area contributed by atoms with Crippen molar-refractivity contribution in [1.82, 2.24) is 5.32 Å². The summed E-state index contributed by atoms with van der Waals surface area (Å²) in [5, 5.41) is 11.8. The largest absolute Gasteiger partial charge is 0.479 e. The molecule has 6 heteroatoms. The Morgan fingerprint density at radius 1 is 1.40 bits per heavy atom. The standard InChI is InChI=1S/C14H18N2O4/c15-11(8-10-4-2-1-3-5-10)12(17)16-14(13(18)19)6-7-20-9-14/h1-5,11H,6-9,15H2,(H,16,17)(H,18,19)/t11-,14?/m1/s1. The average Bonchev–Trinajstić information content (AvgIpc) is 2.89. The Bertz CT molecular complexity index is 483. The molecule has 1 aliphatic heterocycles. The van der Waals surface area contributed by atoms with Crippen LogP contribution < -0.4 is 11.1 Å². The van der Waals surface area contributed by atoms with Crippen LogP contribution in [-0.2, 0) is 20.7 Å². The van der Waals surface area contributed by atoms with Crippen LogP contribution in [0.2, 0.25) is 0 Å². The van der Waals surface area contributed by atoms with Gasteiger partial charge in [0.05, 0.1) is 12.6 Å². The van der Waals surface area contributed by atoms with E-state index in [0.29, 0.717) is 13.0 Å². The van der Waals surface area contributed by atoms with Gasteiger partial charge >= 0.3 is 5.97 Å². The molecule has 1 aliphatic rings. The number of nitrogens with one attached hydrogen (secondary N) is 1. The van der Waals surface area contributed by atoms with Crippen LogP contribution in [0.25, 0.3) is 0 Å². The van der Waals surface area contributed by atoms with Gasteiger partial charge in [-0.05, 0) is 12.0 Å². The van der Waals surface area contributed by atoms with Gasteiger partial charge in [-0.25, -0.2) is 4.79 Å². The van der Waals surface area contributed by atoms with E-state index in [1.807, 2.05) is 30.3 Å². The minimum Gasteiger partial charge on any atom is -0.479 e. The third kappa shape index (κ3) is 3.15. The van der Waals surface area contributed by atoms with Crippen LogP contribution >= 0.6 is 0 Å². The molecule has 1 aromatic rings. The maximum absolute atomic E-state index is 12.1. The lowest BCUT2D eigenvalue weighted by molar-refractivity contribution is -0.147. The number of amides is 1. The number of hydrogen-bond donors (Lipinski definition) is 3. The van der Waals surface area contributed by atoms with E-state index in [9.17, 15) is 14.7 Å². The van der Waals surface area contributed by atoms with Crippen LogP contribution in [0, 0.1) is 0 Å². The zero-order valence-corrected chi connectivity index (χ0v) is 11.0. The first-order chi connectivity index (χ1) is 9.53. The van der Waals surface area contributed by atoms with Gasteiger partial charge in [-0.2, -0.15) is 0 Å². The van der Waals surface area contributed by atoms with Crippen LogP contribution in [0.4, 0.5) is 0 Å². The summed E-state index contributed by atoms with van der Waals surface area (Å²) < 4.78 is 5.08. The number of hydrogen-bond acceptors (Lipinski definition) is 4. The Labute approximate surface area is 116 Å². The van der Waals surface area contributed by atoms with E-state index in [4.69, 9.17) is 10.5 Å². The lowest BCUT2D eigenvalue weighted by atomic mass is 9.97. The summed E-state index contributed by atoms with van der Waals surface area (Å²) in [7, 11) is 0. The normalized spacial score (nSPS) is 23.2. The van der Waals surface area contributed by atoms with Crippen molar-refractivity contribution in [1.29, 1.82) is 0 Å². The van der Waals surface area contributed by atoms with Crippen molar-refractivity contribution in [2.24, 2.45) is 5.73 Å². The number of rotatable bonds is 5. The van der Waals surface area contributed by atoms with E-state index < -0.39 is 23.5 Å². The quantitative estimate of drug-likeness (QED) is 0.699. The van der Waals surface area contributed by atoms with Crippen molar-refractivity contribution in [3.63, 3.8) is 0 Å². The molecule has 0 radical (unpaired) electrons. The first kappa shape index (κ1) is 14.5. The van der Waals surface area contributed by atoms with Crippen LogP contribution in [0.5, 0.6) is 0 Å². The molecule has 4 N–H and O–H groups in total. The number of aliphatic carboxylic acids is 1. The summed E-state index contributed by atoms with van der Waals surface area (Å²) in [6.45, 7) is 0.298. The van der Waals surface area contributed by atoms with Gasteiger partial charge < -0.3 is 20.9 Å². The highest BCUT2D eigenvalue weighted by Crippen LogP contribution is 2.19. The molecule has 0 aromatic heterocycles. The lowest BCUT2D eigenvalue weighted by Gasteiger charge is -2.25. The van der Waals surface area contributed by atoms with E-state index in [0.717, 1.165) is 5.56 Å². The third-order valence-corrected chi connectivity index (χ3v) is 3.43. The van der Waals surface area contributed by atoms with Gasteiger partial charge in [0, 0.05) is 13.0 Å². The first-order valence-electron chi connectivity index (χ1n) is 6.46. The van der Waals surface area contributed by atoms with Gasteiger partial charge in [-0.15, -0.1) is 0 Å². The molecule has 1 amide bonds. The minimum atomic E-state index is -1.34. The highest BCUT2D eigenvalue weighted by atomic mass is 16.5. The monoisotopic (exact) mass is 278 g/mol. The molecule has 0 bridgehead atoms. The van der Waals surface area contributed by atoms with Gasteiger partial charge in [0.15, 0.2) is 5.54 Å². The molecule has 1 heterocycles. The molecule has 1 saturated heterocycles. The summed E-state index contributed by atoms with van der Waals surface area (Å²) in [6.07, 6.45) is 0.620. The molecular weight excluding hydrogens is 260 g/mol. The van der Waals surface area contributed by atoms with Gasteiger partial charge in [-0.3, -0.25) is 4.79 Å². The first-order valence-corrected chi connectivity index (χ1v) is 6.46. The number of carbonyl (C=O) groups is 2. The molecule has 6 nitrogen and oxygen atoms in total. The van der Waals surface area contributed by atoms with Crippen molar-refractivity contribution in [3.8, 4) is 0 Å². The summed E-state index contributed by atoms with van der Waals surface area (Å²) in [4.78, 5) is 23.4. The van der Waals surface area contributed by atoms with Gasteiger partial charge in [0.2, 0.25) is 5.91 Å². The Kier molecular flexibility index (Phi) is 4.36. The molecule has 20 heavy (non-hydrogen) atoms. The lowest BCUT2D eigenvalue weighted by Crippen LogP contribution is -2.59. The second kappa shape index (κ2) is 6.02. The number of benzene rings is 1. The second-order valence-electron chi connectivity index (χ2n) is 4.98. The second-order valence-corrected chi connectivity index (χ2v) is 4.98. The van der Waals surface area contributed by atoms with Crippen molar-refractivity contribution in [2.75, 3.05) is 13.2 Å². The van der Waals surface area contributed by atoms with Crippen LogP contribution in [0.15, 0.2) is 30.3 Å². The van der Waals surface area contributed by atoms with Gasteiger partial charge in [-0.1, -0.05) is 30.3 Å². The van der Waals surface area contributed by atoms with Crippen molar-refractivity contribution in [3.05, 3.63) is 35.9 Å². The fourth-order valence-electron chi connectivity index (χ4n) is 2.17. The topological polar surface area (TPSA) is 102 Å². The third-order valence-electron chi connectivity index (χ3n) is 3.43. The fraction of sp³-hybridized carbons (Fsp3) is 0.429. The molecule has 1 aromatic carbocycles. The molecule has 0 saturated carbocycles. The fourth-order valence-corrected chi connectivity index (χ4v) is 2.17. The Morgan fingerprint density at radius 3 is 2.65 bits per heavy atom. The summed E-state index contributed by atoms with van der Waals surface area (Å²) in [6, 6.07) is 8.57. The van der Waals surface area contributed by atoms with Crippen LogP contribution in [0.3, 0.4) is 0 Å². The van der Waals surface area contributed by atoms with Crippen LogP contribution in [-0.4, -0.2) is 41.8 Å². The molecule has 0 spiro atoms. The van der Waals surface area contributed by atoms with E-state index in [1.54, 1.807) is 0 Å². The van der Waals surface area contributed by atoms with Crippen molar-refractivity contribution >= 4 is 11.9 Å². The van der Waals surface area contributed by atoms with Crippen LogP contribution in [0.1, 0.15) is 12.0 Å². The maximum Gasteiger partial charge on any atom is 0.331 e. The summed E-state index contributed by atoms with van der Waals surface area (Å²) >= 11 is 0. The highest BCUT2D eigenvalue weighted by molar-refractivity contribution is 5.90. The smallest absolute Gasteiger partial charge is 0.331 e. The molecule has 2 rings (SSSR count). The average molecular weight is 278 g/mol. The number of ether oxygens (including phenoxy) is 1. The number of carboxylic acid groups (broad SMARTS) is 1. The Balaban J connectivity index is 1.98. The summed E-state index contributed by atoms with van der Waals surface area (Å²) in [5.74, 6) is -1.56. The minimum absolute atomic E-state index is 0.0217. The van der Waals surface area contributed by atoms with E-state index in [1.165, 1.54) is 0 Å². The molecule has 1 unspecified atom stereocenters. The number of nitrogens with two attached hydrogens (primary N) is 1. The van der Waals surface area contributed by atoms with E-state index in [-0.39, 0.29) is 13.0 Å². The molecule has 1 fully saturated rings. The molecule has 0 aliphatic carbocycles. The van der Waals surface area contributed by atoms with Crippen molar-refractivity contribution < 1.29 is 19.4 Å². The zero-order valence-electron chi connectivity index (χ0n) is 11.0. The molecule has 108 valence electrons. The maximum atomic E-state index is 12.1. The molecule has 2 atom stereocenters. The predicted octanol–water partition coefficient (Wildman–Crippen LogP) is -0.0837. The summed E-state index contributed by atoms with van der Waals surface area (Å²) in [5.41, 5.74) is 5.43. The van der Waals surface area contributed by atoms with Gasteiger partial charge in [0.1, 0.15) is 0 Å². The predicted molar refractivity (Wildman–Crippen MR) is 72.1 cm³/mol. The molecular formula is C14H18N2O4. The van der Waals surface area contributed by atoms with Crippen molar-refractivity contribution in [2.45, 2.75) is 24.4 Å². The highest BCUT2D eigenvalue weighted by Gasteiger charge is 2.44. The van der Waals surface area contributed by atoms with E-state index >= 15 is 0 Å². The SMILES string of the molecule is N[C@H](Cc1ccccc1)C(=O)NC1(C(=O)O)CCOC1.